The summed E-state index contributed by atoms with van der Waals surface area (Å²) in [6.45, 7) is -1.08. The second-order valence-corrected chi connectivity index (χ2v) is 5.61. The number of nitrogens with zero attached hydrogens (tertiary/aromatic N) is 4. The van der Waals surface area contributed by atoms with E-state index in [9.17, 15) is 45.6 Å². The summed E-state index contributed by atoms with van der Waals surface area (Å²) in [6, 6.07) is 5.32. The number of rotatable bonds is 10. The molecule has 0 aliphatic heterocycles. The molecule has 0 atom stereocenters. The van der Waals surface area contributed by atoms with Gasteiger partial charge in [0.15, 0.2) is 11.5 Å². The minimum atomic E-state index is -1.41. The van der Waals surface area contributed by atoms with E-state index in [0.717, 1.165) is 24.3 Å². The zero-order valence-corrected chi connectivity index (χ0v) is 14.8. The van der Waals surface area contributed by atoms with Crippen molar-refractivity contribution >= 4 is 22.7 Å². The molecular weight excluding hydrogens is 412 g/mol. The molecule has 30 heavy (non-hydrogen) atoms. The Morgan fingerprint density at radius 3 is 1.37 bits per heavy atom. The van der Waals surface area contributed by atoms with Crippen LogP contribution < -0.4 is 9.47 Å². The standard InChI is InChI=1S/C15H12N4O11/c20-11(7-29-14-3-1-9(16(21)22)5-12(14)18(25)26)8-30-15-4-2-10(17(23)24)6-13(15)19(27)28/h1-6,11,20H,7-8H2. The van der Waals surface area contributed by atoms with Gasteiger partial charge in [0.05, 0.1) is 31.8 Å². The van der Waals surface area contributed by atoms with E-state index in [-0.39, 0.29) is 11.5 Å². The molecule has 2 aromatic carbocycles. The monoisotopic (exact) mass is 424 g/mol. The largest absolute Gasteiger partial charge is 0.484 e. The summed E-state index contributed by atoms with van der Waals surface area (Å²) in [5.41, 5.74) is -2.43. The molecule has 0 bridgehead atoms. The SMILES string of the molecule is O=[N+]([O-])c1ccc(OCC(O)COc2ccc([N+](=O)[O-])cc2[N+](=O)[O-])c([N+](=O)[O-])c1. The summed E-state index contributed by atoms with van der Waals surface area (Å²) in [5, 5.41) is 53.4. The number of benzene rings is 2. The molecule has 15 heteroatoms. The number of nitro benzene ring substituents is 4. The lowest BCUT2D eigenvalue weighted by molar-refractivity contribution is -0.395. The summed E-state index contributed by atoms with van der Waals surface area (Å²) in [5.74, 6) is -0.683. The van der Waals surface area contributed by atoms with Crippen molar-refractivity contribution in [3.05, 3.63) is 76.9 Å². The van der Waals surface area contributed by atoms with Gasteiger partial charge in [-0.25, -0.2) is 0 Å². The number of non-ortho nitro benzene ring substituents is 2. The molecule has 2 aromatic rings. The van der Waals surface area contributed by atoms with Gasteiger partial charge < -0.3 is 14.6 Å². The number of aliphatic hydroxyl groups is 1. The molecule has 1 N–H and O–H groups in total. The molecule has 0 amide bonds. The van der Waals surface area contributed by atoms with Crippen LogP contribution in [0.5, 0.6) is 11.5 Å². The zero-order valence-electron chi connectivity index (χ0n) is 14.8. The van der Waals surface area contributed by atoms with Crippen molar-refractivity contribution in [2.75, 3.05) is 13.2 Å². The lowest BCUT2D eigenvalue weighted by Gasteiger charge is -2.13. The first-order valence-corrected chi connectivity index (χ1v) is 7.89. The second kappa shape index (κ2) is 9.20. The highest BCUT2D eigenvalue weighted by Gasteiger charge is 2.23. The minimum absolute atomic E-state index is 0.342. The van der Waals surface area contributed by atoms with E-state index in [1.165, 1.54) is 0 Å². The van der Waals surface area contributed by atoms with Crippen LogP contribution in [0.4, 0.5) is 22.7 Å². The predicted octanol–water partition coefficient (Wildman–Crippen LogP) is 2.14. The van der Waals surface area contributed by atoms with E-state index in [1.807, 2.05) is 0 Å². The molecule has 0 saturated carbocycles. The highest BCUT2D eigenvalue weighted by Crippen LogP contribution is 2.32. The highest BCUT2D eigenvalue weighted by molar-refractivity contribution is 5.54. The van der Waals surface area contributed by atoms with Crippen molar-refractivity contribution in [1.82, 2.24) is 0 Å². The van der Waals surface area contributed by atoms with Crippen molar-refractivity contribution < 1.29 is 34.3 Å². The molecule has 0 heterocycles. The van der Waals surface area contributed by atoms with E-state index in [2.05, 4.69) is 0 Å². The van der Waals surface area contributed by atoms with Gasteiger partial charge in [0, 0.05) is 12.1 Å². The van der Waals surface area contributed by atoms with Crippen LogP contribution in [-0.4, -0.2) is 44.1 Å². The number of hydrogen-bond acceptors (Lipinski definition) is 11. The average Bonchev–Trinajstić information content (AvgIpc) is 2.69. The molecule has 0 fully saturated rings. The third-order valence-electron chi connectivity index (χ3n) is 3.56. The van der Waals surface area contributed by atoms with Crippen LogP contribution in [0.15, 0.2) is 36.4 Å². The molecule has 0 saturated heterocycles. The van der Waals surface area contributed by atoms with Crippen molar-refractivity contribution in [1.29, 1.82) is 0 Å². The maximum atomic E-state index is 11.0. The van der Waals surface area contributed by atoms with Gasteiger partial charge >= 0.3 is 11.4 Å². The molecule has 0 unspecified atom stereocenters. The van der Waals surface area contributed by atoms with Gasteiger partial charge in [-0.3, -0.25) is 40.5 Å². The van der Waals surface area contributed by atoms with Gasteiger partial charge in [-0.15, -0.1) is 0 Å². The van der Waals surface area contributed by atoms with Gasteiger partial charge in [0.25, 0.3) is 11.4 Å². The smallest absolute Gasteiger partial charge is 0.317 e. The van der Waals surface area contributed by atoms with Crippen LogP contribution >= 0.6 is 0 Å². The Kier molecular flexibility index (Phi) is 6.71. The zero-order chi connectivity index (χ0) is 22.4. The normalized spacial score (nSPS) is 10.5. The van der Waals surface area contributed by atoms with E-state index in [0.29, 0.717) is 12.1 Å². The summed E-state index contributed by atoms with van der Waals surface area (Å²) < 4.78 is 10.2. The number of aliphatic hydroxyl groups excluding tert-OH is 1. The number of nitro groups is 4. The van der Waals surface area contributed by atoms with E-state index < -0.39 is 61.8 Å². The Bertz CT molecular complexity index is 931. The third kappa shape index (κ3) is 5.32. The molecule has 15 nitrogen and oxygen atoms in total. The molecule has 0 aliphatic rings. The van der Waals surface area contributed by atoms with Gasteiger partial charge in [0.2, 0.25) is 0 Å². The number of hydrogen-bond donors (Lipinski definition) is 1. The molecule has 0 aliphatic carbocycles. The predicted molar refractivity (Wildman–Crippen MR) is 96.5 cm³/mol. The molecule has 2 rings (SSSR count). The third-order valence-corrected chi connectivity index (χ3v) is 3.56. The molecule has 0 spiro atoms. The molecule has 0 aromatic heterocycles. The maximum Gasteiger partial charge on any atom is 0.317 e. The topological polar surface area (TPSA) is 211 Å². The summed E-state index contributed by atoms with van der Waals surface area (Å²) >= 11 is 0. The average molecular weight is 424 g/mol. The van der Waals surface area contributed by atoms with Crippen LogP contribution in [0, 0.1) is 40.5 Å². The fourth-order valence-electron chi connectivity index (χ4n) is 2.19. The fourth-order valence-corrected chi connectivity index (χ4v) is 2.19. The van der Waals surface area contributed by atoms with Crippen molar-refractivity contribution in [3.63, 3.8) is 0 Å². The van der Waals surface area contributed by atoms with Crippen LogP contribution in [0.25, 0.3) is 0 Å². The van der Waals surface area contributed by atoms with Crippen molar-refractivity contribution in [3.8, 4) is 11.5 Å². The fraction of sp³-hybridized carbons (Fsp3) is 0.200. The van der Waals surface area contributed by atoms with Crippen molar-refractivity contribution in [2.24, 2.45) is 0 Å². The van der Waals surface area contributed by atoms with Gasteiger partial charge in [0.1, 0.15) is 19.3 Å². The van der Waals surface area contributed by atoms with Gasteiger partial charge in [-0.05, 0) is 12.1 Å². The minimum Gasteiger partial charge on any atom is -0.484 e. The molecular formula is C15H12N4O11. The van der Waals surface area contributed by atoms with E-state index in [4.69, 9.17) is 9.47 Å². The first-order chi connectivity index (χ1) is 14.1. The van der Waals surface area contributed by atoms with Crippen LogP contribution in [0.2, 0.25) is 0 Å². The molecule has 158 valence electrons. The summed E-state index contributed by atoms with van der Waals surface area (Å²) in [4.78, 5) is 40.0. The van der Waals surface area contributed by atoms with E-state index >= 15 is 0 Å². The second-order valence-electron chi connectivity index (χ2n) is 5.61. The number of ether oxygens (including phenoxy) is 2. The van der Waals surface area contributed by atoms with Crippen LogP contribution in [0.1, 0.15) is 0 Å². The Hall–Kier alpha value is -4.40. The quantitative estimate of drug-likeness (QED) is 0.431. The van der Waals surface area contributed by atoms with Crippen LogP contribution in [0.3, 0.4) is 0 Å². The Labute approximate surface area is 165 Å². The lowest BCUT2D eigenvalue weighted by Crippen LogP contribution is -2.25. The Balaban J connectivity index is 2.05. The van der Waals surface area contributed by atoms with Gasteiger partial charge in [-0.2, -0.15) is 0 Å². The Morgan fingerprint density at radius 1 is 0.700 bits per heavy atom. The first-order valence-electron chi connectivity index (χ1n) is 7.89. The summed E-state index contributed by atoms with van der Waals surface area (Å²) in [7, 11) is 0. The van der Waals surface area contributed by atoms with Gasteiger partial charge in [-0.1, -0.05) is 0 Å². The first kappa shape index (κ1) is 21.9. The lowest BCUT2D eigenvalue weighted by atomic mass is 10.2. The highest BCUT2D eigenvalue weighted by atomic mass is 16.6. The Morgan fingerprint density at radius 2 is 1.07 bits per heavy atom. The maximum absolute atomic E-state index is 11.0. The van der Waals surface area contributed by atoms with Crippen molar-refractivity contribution in [2.45, 2.75) is 6.10 Å². The molecule has 0 radical (unpaired) electrons. The van der Waals surface area contributed by atoms with Crippen LogP contribution in [-0.2, 0) is 0 Å². The summed E-state index contributed by atoms with van der Waals surface area (Å²) in [6.07, 6.45) is -1.41. The van der Waals surface area contributed by atoms with E-state index in [1.54, 1.807) is 0 Å².